The van der Waals surface area contributed by atoms with Gasteiger partial charge in [-0.05, 0) is 48.6 Å². The fourth-order valence-electron chi connectivity index (χ4n) is 3.12. The number of piperidine rings is 1. The summed E-state index contributed by atoms with van der Waals surface area (Å²) in [5, 5.41) is 3.12. The van der Waals surface area contributed by atoms with Gasteiger partial charge in [-0.2, -0.15) is 0 Å². The summed E-state index contributed by atoms with van der Waals surface area (Å²) in [6.07, 6.45) is 10.3. The minimum atomic E-state index is -0.000844. The van der Waals surface area contributed by atoms with E-state index in [1.807, 2.05) is 48.8 Å². The fraction of sp³-hybridized carbons (Fsp3) is 0.333. The molecule has 0 spiro atoms. The third kappa shape index (κ3) is 5.84. The summed E-state index contributed by atoms with van der Waals surface area (Å²) in [5.41, 5.74) is 2.38. The number of carbonyl (C=O) groups is 1. The number of hydrogen-bond donors (Lipinski definition) is 1. The van der Waals surface area contributed by atoms with Crippen LogP contribution in [0.25, 0.3) is 6.08 Å². The van der Waals surface area contributed by atoms with E-state index in [0.717, 1.165) is 44.5 Å². The molecule has 1 aliphatic rings. The monoisotopic (exact) mass is 335 g/mol. The maximum absolute atomic E-state index is 12.1. The van der Waals surface area contributed by atoms with Gasteiger partial charge < -0.3 is 10.2 Å². The van der Waals surface area contributed by atoms with Gasteiger partial charge in [-0.15, -0.1) is 0 Å². The normalized spacial score (nSPS) is 16.2. The van der Waals surface area contributed by atoms with Gasteiger partial charge in [0.05, 0.1) is 0 Å². The molecule has 1 aliphatic heterocycles. The summed E-state index contributed by atoms with van der Waals surface area (Å²) in [6.45, 7) is 3.15. The third-order valence-corrected chi connectivity index (χ3v) is 4.63. The Morgan fingerprint density at radius 2 is 1.84 bits per heavy atom. The number of benzene rings is 1. The van der Waals surface area contributed by atoms with Gasteiger partial charge in [0.15, 0.2) is 0 Å². The number of amides is 1. The lowest BCUT2D eigenvalue weighted by Crippen LogP contribution is -2.44. The number of rotatable bonds is 6. The standard InChI is InChI=1S/C21H25N3O/c25-21(7-6-18-4-2-1-3-5-18)23-20-11-16-24(17-12-20)15-10-19-8-13-22-14-9-19/h1-9,13-14,20H,10-12,15-17H2,(H,23,25)/b7-6-. The van der Waals surface area contributed by atoms with Crippen molar-refractivity contribution in [2.24, 2.45) is 0 Å². The fourth-order valence-corrected chi connectivity index (χ4v) is 3.12. The van der Waals surface area contributed by atoms with E-state index >= 15 is 0 Å². The van der Waals surface area contributed by atoms with Crippen molar-refractivity contribution in [2.45, 2.75) is 25.3 Å². The number of likely N-dealkylation sites (tertiary alicyclic amines) is 1. The molecule has 0 bridgehead atoms. The van der Waals surface area contributed by atoms with Crippen LogP contribution in [0.15, 0.2) is 60.9 Å². The molecule has 0 saturated carbocycles. The predicted molar refractivity (Wildman–Crippen MR) is 101 cm³/mol. The number of hydrogen-bond acceptors (Lipinski definition) is 3. The Balaban J connectivity index is 1.37. The molecule has 4 heteroatoms. The highest BCUT2D eigenvalue weighted by Gasteiger charge is 2.19. The summed E-state index contributed by atoms with van der Waals surface area (Å²) in [6, 6.07) is 14.3. The van der Waals surface area contributed by atoms with Crippen molar-refractivity contribution in [3.05, 3.63) is 72.1 Å². The average molecular weight is 335 g/mol. The zero-order valence-corrected chi connectivity index (χ0v) is 14.5. The highest BCUT2D eigenvalue weighted by Crippen LogP contribution is 2.11. The van der Waals surface area contributed by atoms with Crippen molar-refractivity contribution in [3.63, 3.8) is 0 Å². The summed E-state index contributed by atoms with van der Waals surface area (Å²) in [5.74, 6) is -0.000844. The molecule has 0 unspecified atom stereocenters. The molecule has 0 aliphatic carbocycles. The van der Waals surface area contributed by atoms with Crippen LogP contribution in [0.3, 0.4) is 0 Å². The van der Waals surface area contributed by atoms with Crippen LogP contribution in [0.4, 0.5) is 0 Å². The Hall–Kier alpha value is -2.46. The summed E-state index contributed by atoms with van der Waals surface area (Å²) in [4.78, 5) is 18.6. The van der Waals surface area contributed by atoms with Crippen LogP contribution >= 0.6 is 0 Å². The summed E-state index contributed by atoms with van der Waals surface area (Å²) < 4.78 is 0. The molecule has 4 nitrogen and oxygen atoms in total. The largest absolute Gasteiger partial charge is 0.350 e. The van der Waals surface area contributed by atoms with Crippen molar-refractivity contribution in [3.8, 4) is 0 Å². The van der Waals surface area contributed by atoms with Crippen molar-refractivity contribution < 1.29 is 4.79 Å². The quantitative estimate of drug-likeness (QED) is 0.826. The Kier molecular flexibility index (Phi) is 6.35. The van der Waals surface area contributed by atoms with E-state index in [1.165, 1.54) is 5.56 Å². The van der Waals surface area contributed by atoms with Crippen LogP contribution in [0.5, 0.6) is 0 Å². The van der Waals surface area contributed by atoms with E-state index < -0.39 is 0 Å². The molecule has 1 saturated heterocycles. The number of nitrogens with one attached hydrogen (secondary N) is 1. The Labute approximate surface area is 149 Å². The predicted octanol–water partition coefficient (Wildman–Crippen LogP) is 2.92. The number of aromatic nitrogens is 1. The molecule has 25 heavy (non-hydrogen) atoms. The van der Waals surface area contributed by atoms with Crippen LogP contribution in [0.1, 0.15) is 24.0 Å². The van der Waals surface area contributed by atoms with Gasteiger partial charge in [-0.3, -0.25) is 9.78 Å². The van der Waals surface area contributed by atoms with Gasteiger partial charge in [0, 0.05) is 44.1 Å². The van der Waals surface area contributed by atoms with Crippen LogP contribution in [0.2, 0.25) is 0 Å². The van der Waals surface area contributed by atoms with Gasteiger partial charge >= 0.3 is 0 Å². The Morgan fingerprint density at radius 1 is 1.12 bits per heavy atom. The van der Waals surface area contributed by atoms with Gasteiger partial charge in [0.2, 0.25) is 5.91 Å². The molecule has 0 atom stereocenters. The zero-order valence-electron chi connectivity index (χ0n) is 14.5. The van der Waals surface area contributed by atoms with E-state index in [9.17, 15) is 4.79 Å². The number of pyridine rings is 1. The number of carbonyl (C=O) groups excluding carboxylic acids is 1. The van der Waals surface area contributed by atoms with Crippen LogP contribution in [-0.4, -0.2) is 41.5 Å². The van der Waals surface area contributed by atoms with Gasteiger partial charge in [-0.1, -0.05) is 30.3 Å². The lowest BCUT2D eigenvalue weighted by molar-refractivity contribution is -0.117. The lowest BCUT2D eigenvalue weighted by atomic mass is 10.0. The average Bonchev–Trinajstić information content (AvgIpc) is 2.67. The molecular weight excluding hydrogens is 310 g/mol. The van der Waals surface area contributed by atoms with Gasteiger partial charge in [0.25, 0.3) is 0 Å². The first-order valence-corrected chi connectivity index (χ1v) is 8.94. The smallest absolute Gasteiger partial charge is 0.244 e. The topological polar surface area (TPSA) is 45.2 Å². The first kappa shape index (κ1) is 17.4. The zero-order chi connectivity index (χ0) is 17.3. The molecule has 130 valence electrons. The van der Waals surface area contributed by atoms with Crippen molar-refractivity contribution in [2.75, 3.05) is 19.6 Å². The van der Waals surface area contributed by atoms with Gasteiger partial charge in [0.1, 0.15) is 0 Å². The SMILES string of the molecule is O=C(/C=C\c1ccccc1)NC1CCN(CCc2ccncc2)CC1. The molecule has 1 aromatic carbocycles. The summed E-state index contributed by atoms with van der Waals surface area (Å²) >= 11 is 0. The molecule has 2 heterocycles. The minimum Gasteiger partial charge on any atom is -0.350 e. The molecule has 1 amide bonds. The van der Waals surface area contributed by atoms with Crippen molar-refractivity contribution in [1.82, 2.24) is 15.2 Å². The highest BCUT2D eigenvalue weighted by atomic mass is 16.1. The second-order valence-corrected chi connectivity index (χ2v) is 6.47. The van der Waals surface area contributed by atoms with Crippen LogP contribution < -0.4 is 5.32 Å². The Morgan fingerprint density at radius 3 is 2.56 bits per heavy atom. The molecule has 2 aromatic rings. The van der Waals surface area contributed by atoms with E-state index in [2.05, 4.69) is 27.3 Å². The number of nitrogens with zero attached hydrogens (tertiary/aromatic N) is 2. The van der Waals surface area contributed by atoms with Crippen molar-refractivity contribution >= 4 is 12.0 Å². The summed E-state index contributed by atoms with van der Waals surface area (Å²) in [7, 11) is 0. The Bertz CT molecular complexity index is 677. The molecule has 1 aromatic heterocycles. The van der Waals surface area contributed by atoms with E-state index in [4.69, 9.17) is 0 Å². The first-order chi connectivity index (χ1) is 12.3. The first-order valence-electron chi connectivity index (χ1n) is 8.94. The van der Waals surface area contributed by atoms with E-state index in [-0.39, 0.29) is 11.9 Å². The molecule has 1 N–H and O–H groups in total. The molecular formula is C21H25N3O. The van der Waals surface area contributed by atoms with Crippen molar-refractivity contribution in [1.29, 1.82) is 0 Å². The van der Waals surface area contributed by atoms with E-state index in [0.29, 0.717) is 0 Å². The minimum absolute atomic E-state index is 0.000844. The molecule has 1 fully saturated rings. The van der Waals surface area contributed by atoms with Gasteiger partial charge in [-0.25, -0.2) is 0 Å². The second-order valence-electron chi connectivity index (χ2n) is 6.47. The maximum Gasteiger partial charge on any atom is 0.244 e. The second kappa shape index (κ2) is 9.14. The molecule has 0 radical (unpaired) electrons. The lowest BCUT2D eigenvalue weighted by Gasteiger charge is -2.32. The maximum atomic E-state index is 12.1. The molecule has 3 rings (SSSR count). The van der Waals surface area contributed by atoms with Crippen LogP contribution in [-0.2, 0) is 11.2 Å². The highest BCUT2D eigenvalue weighted by molar-refractivity contribution is 5.91. The third-order valence-electron chi connectivity index (χ3n) is 4.63. The van der Waals surface area contributed by atoms with E-state index in [1.54, 1.807) is 6.08 Å². The van der Waals surface area contributed by atoms with Crippen LogP contribution in [0, 0.1) is 0 Å².